The summed E-state index contributed by atoms with van der Waals surface area (Å²) in [6.07, 6.45) is 3.53. The molecular weight excluding hydrogens is 248 g/mol. The van der Waals surface area contributed by atoms with E-state index in [1.54, 1.807) is 0 Å². The first-order chi connectivity index (χ1) is 9.70. The van der Waals surface area contributed by atoms with Gasteiger partial charge < -0.3 is 4.74 Å². The fraction of sp³-hybridized carbons (Fsp3) is 0.389. The first-order valence-corrected chi connectivity index (χ1v) is 7.37. The van der Waals surface area contributed by atoms with Gasteiger partial charge >= 0.3 is 5.97 Å². The molecule has 0 saturated heterocycles. The van der Waals surface area contributed by atoms with Gasteiger partial charge in [0.25, 0.3) is 0 Å². The van der Waals surface area contributed by atoms with E-state index in [1.807, 2.05) is 31.2 Å². The van der Waals surface area contributed by atoms with E-state index in [1.165, 1.54) is 0 Å². The monoisotopic (exact) mass is 270 g/mol. The van der Waals surface area contributed by atoms with Crippen molar-refractivity contribution in [1.29, 1.82) is 0 Å². The average Bonchev–Trinajstić information content (AvgIpc) is 2.45. The zero-order chi connectivity index (χ0) is 14.4. The molecule has 0 heterocycles. The number of carbonyl (C=O) groups excluding carboxylic acids is 1. The van der Waals surface area contributed by atoms with Crippen LogP contribution in [-0.4, -0.2) is 12.1 Å². The second kappa shape index (κ2) is 7.09. The van der Waals surface area contributed by atoms with Crippen LogP contribution in [0.1, 0.15) is 38.7 Å². The molecule has 2 aromatic rings. The lowest BCUT2D eigenvalue weighted by atomic mass is 10.0. The fourth-order valence-corrected chi connectivity index (χ4v) is 2.42. The van der Waals surface area contributed by atoms with Crippen LogP contribution < -0.4 is 0 Å². The van der Waals surface area contributed by atoms with E-state index in [0.29, 0.717) is 6.42 Å². The molecule has 2 aromatic carbocycles. The van der Waals surface area contributed by atoms with Crippen LogP contribution in [-0.2, 0) is 16.0 Å². The summed E-state index contributed by atoms with van der Waals surface area (Å²) in [7, 11) is 0. The summed E-state index contributed by atoms with van der Waals surface area (Å²) in [6.45, 7) is 4.11. The molecule has 0 aliphatic carbocycles. The standard InChI is InChI=1S/C18H22O2/c1-3-4-8-14(2)20-18(19)13-16-11-7-10-15-9-5-6-12-17(15)16/h5-7,9-12,14H,3-4,8,13H2,1-2H3. The molecule has 0 fully saturated rings. The van der Waals surface area contributed by atoms with E-state index in [-0.39, 0.29) is 12.1 Å². The van der Waals surface area contributed by atoms with Gasteiger partial charge in [0.1, 0.15) is 0 Å². The highest BCUT2D eigenvalue weighted by Gasteiger charge is 2.11. The Bertz CT molecular complexity index is 569. The number of ether oxygens (including phenoxy) is 1. The molecule has 2 nitrogen and oxygen atoms in total. The lowest BCUT2D eigenvalue weighted by molar-refractivity contribution is -0.147. The molecule has 1 unspecified atom stereocenters. The molecule has 0 bridgehead atoms. The molecule has 2 rings (SSSR count). The second-order valence-corrected chi connectivity index (χ2v) is 5.26. The predicted octanol–water partition coefficient (Wildman–Crippen LogP) is 4.50. The second-order valence-electron chi connectivity index (χ2n) is 5.26. The van der Waals surface area contributed by atoms with Gasteiger partial charge in [-0.2, -0.15) is 0 Å². The van der Waals surface area contributed by atoms with E-state index in [9.17, 15) is 4.79 Å². The molecule has 1 atom stereocenters. The number of unbranched alkanes of at least 4 members (excludes halogenated alkanes) is 1. The number of esters is 1. The van der Waals surface area contributed by atoms with E-state index >= 15 is 0 Å². The van der Waals surface area contributed by atoms with Crippen LogP contribution in [0.4, 0.5) is 0 Å². The molecule has 0 aliphatic rings. The zero-order valence-corrected chi connectivity index (χ0v) is 12.3. The number of carbonyl (C=O) groups is 1. The van der Waals surface area contributed by atoms with Crippen LogP contribution in [0.3, 0.4) is 0 Å². The molecular formula is C18H22O2. The summed E-state index contributed by atoms with van der Waals surface area (Å²) in [6, 6.07) is 14.2. The third kappa shape index (κ3) is 3.83. The summed E-state index contributed by atoms with van der Waals surface area (Å²) in [5, 5.41) is 2.30. The molecule has 0 spiro atoms. The van der Waals surface area contributed by atoms with Crippen LogP contribution in [0.25, 0.3) is 10.8 Å². The average molecular weight is 270 g/mol. The molecule has 0 N–H and O–H groups in total. The van der Waals surface area contributed by atoms with Crippen molar-refractivity contribution in [2.45, 2.75) is 45.6 Å². The highest BCUT2D eigenvalue weighted by molar-refractivity contribution is 5.88. The number of fused-ring (bicyclic) bond motifs is 1. The van der Waals surface area contributed by atoms with Crippen molar-refractivity contribution in [2.75, 3.05) is 0 Å². The maximum atomic E-state index is 12.0. The van der Waals surface area contributed by atoms with Crippen LogP contribution in [0, 0.1) is 0 Å². The van der Waals surface area contributed by atoms with Gasteiger partial charge in [0, 0.05) is 0 Å². The Morgan fingerprint density at radius 3 is 2.70 bits per heavy atom. The van der Waals surface area contributed by atoms with Gasteiger partial charge in [-0.05, 0) is 29.7 Å². The number of hydrogen-bond donors (Lipinski definition) is 0. The van der Waals surface area contributed by atoms with Gasteiger partial charge in [0.2, 0.25) is 0 Å². The topological polar surface area (TPSA) is 26.3 Å². The summed E-state index contributed by atoms with van der Waals surface area (Å²) in [5.74, 6) is -0.134. The Labute approximate surface area is 120 Å². The van der Waals surface area contributed by atoms with Crippen molar-refractivity contribution in [2.24, 2.45) is 0 Å². The van der Waals surface area contributed by atoms with Gasteiger partial charge in [-0.3, -0.25) is 4.79 Å². The summed E-state index contributed by atoms with van der Waals surface area (Å²) >= 11 is 0. The molecule has 20 heavy (non-hydrogen) atoms. The van der Waals surface area contributed by atoms with E-state index < -0.39 is 0 Å². The van der Waals surface area contributed by atoms with Crippen LogP contribution in [0.5, 0.6) is 0 Å². The van der Waals surface area contributed by atoms with Gasteiger partial charge in [-0.25, -0.2) is 0 Å². The molecule has 0 aliphatic heterocycles. The third-order valence-corrected chi connectivity index (χ3v) is 3.51. The molecule has 0 saturated carbocycles. The van der Waals surface area contributed by atoms with Crippen molar-refractivity contribution in [3.05, 3.63) is 48.0 Å². The largest absolute Gasteiger partial charge is 0.462 e. The van der Waals surface area contributed by atoms with Crippen LogP contribution >= 0.6 is 0 Å². The van der Waals surface area contributed by atoms with Crippen molar-refractivity contribution in [3.63, 3.8) is 0 Å². The lowest BCUT2D eigenvalue weighted by Crippen LogP contribution is -2.16. The Morgan fingerprint density at radius 1 is 1.15 bits per heavy atom. The quantitative estimate of drug-likeness (QED) is 0.722. The molecule has 2 heteroatoms. The minimum atomic E-state index is -0.134. The molecule has 106 valence electrons. The minimum absolute atomic E-state index is 0.0115. The Balaban J connectivity index is 2.03. The fourth-order valence-electron chi connectivity index (χ4n) is 2.42. The molecule has 0 aromatic heterocycles. The van der Waals surface area contributed by atoms with Crippen LogP contribution in [0.2, 0.25) is 0 Å². The van der Waals surface area contributed by atoms with E-state index in [0.717, 1.165) is 35.6 Å². The predicted molar refractivity (Wildman–Crippen MR) is 82.7 cm³/mol. The highest BCUT2D eigenvalue weighted by atomic mass is 16.5. The van der Waals surface area contributed by atoms with Gasteiger partial charge in [0.05, 0.1) is 12.5 Å². The normalized spacial score (nSPS) is 12.3. The van der Waals surface area contributed by atoms with Gasteiger partial charge in [-0.1, -0.05) is 62.2 Å². The Hall–Kier alpha value is -1.83. The first kappa shape index (κ1) is 14.6. The minimum Gasteiger partial charge on any atom is -0.462 e. The van der Waals surface area contributed by atoms with Crippen molar-refractivity contribution < 1.29 is 9.53 Å². The van der Waals surface area contributed by atoms with Crippen molar-refractivity contribution in [1.82, 2.24) is 0 Å². The van der Waals surface area contributed by atoms with Crippen molar-refractivity contribution in [3.8, 4) is 0 Å². The molecule has 0 amide bonds. The van der Waals surface area contributed by atoms with Crippen molar-refractivity contribution >= 4 is 16.7 Å². The first-order valence-electron chi connectivity index (χ1n) is 7.37. The number of rotatable bonds is 6. The summed E-state index contributed by atoms with van der Waals surface area (Å²) in [5.41, 5.74) is 1.04. The van der Waals surface area contributed by atoms with E-state index in [4.69, 9.17) is 4.74 Å². The van der Waals surface area contributed by atoms with Gasteiger partial charge in [0.15, 0.2) is 0 Å². The lowest BCUT2D eigenvalue weighted by Gasteiger charge is -2.13. The van der Waals surface area contributed by atoms with E-state index in [2.05, 4.69) is 25.1 Å². The highest BCUT2D eigenvalue weighted by Crippen LogP contribution is 2.19. The SMILES string of the molecule is CCCCC(C)OC(=O)Cc1cccc2ccccc12. The zero-order valence-electron chi connectivity index (χ0n) is 12.3. The van der Waals surface area contributed by atoms with Crippen LogP contribution in [0.15, 0.2) is 42.5 Å². The smallest absolute Gasteiger partial charge is 0.310 e. The maximum Gasteiger partial charge on any atom is 0.310 e. The number of benzene rings is 2. The summed E-state index contributed by atoms with van der Waals surface area (Å²) < 4.78 is 5.47. The molecule has 0 radical (unpaired) electrons. The Morgan fingerprint density at radius 2 is 1.90 bits per heavy atom. The van der Waals surface area contributed by atoms with Gasteiger partial charge in [-0.15, -0.1) is 0 Å². The summed E-state index contributed by atoms with van der Waals surface area (Å²) in [4.78, 5) is 12.0. The Kier molecular flexibility index (Phi) is 5.16. The maximum absolute atomic E-state index is 12.0. The third-order valence-electron chi connectivity index (χ3n) is 3.51. The number of hydrogen-bond acceptors (Lipinski definition) is 2.